The van der Waals surface area contributed by atoms with Crippen molar-refractivity contribution in [3.63, 3.8) is 0 Å². The van der Waals surface area contributed by atoms with Gasteiger partial charge in [-0.25, -0.2) is 0 Å². The summed E-state index contributed by atoms with van der Waals surface area (Å²) in [4.78, 5) is 6.95. The van der Waals surface area contributed by atoms with E-state index in [0.717, 1.165) is 0 Å². The molecule has 1 aliphatic rings. The molecule has 1 saturated heterocycles. The molecule has 0 bridgehead atoms. The van der Waals surface area contributed by atoms with Crippen LogP contribution in [0.3, 0.4) is 0 Å². The molecule has 0 saturated carbocycles. The number of alkyl halides is 3. The Morgan fingerprint density at radius 1 is 1.53 bits per heavy atom. The molecule has 1 aliphatic heterocycles. The number of hydrogen-bond donors (Lipinski definition) is 3. The van der Waals surface area contributed by atoms with Crippen LogP contribution in [-0.2, 0) is 4.84 Å². The lowest BCUT2D eigenvalue weighted by atomic mass is 10.1. The molecule has 4 nitrogen and oxygen atoms in total. The number of nitrogens with one attached hydrogen (secondary N) is 2. The zero-order valence-corrected chi connectivity index (χ0v) is 7.51. The molecule has 7 heteroatoms. The van der Waals surface area contributed by atoms with Gasteiger partial charge in [-0.1, -0.05) is 0 Å². The minimum Gasteiger partial charge on any atom is -0.364 e. The molecule has 1 fully saturated rings. The van der Waals surface area contributed by atoms with Crippen LogP contribution in [0.5, 0.6) is 0 Å². The first-order valence-corrected chi connectivity index (χ1v) is 4.28. The van der Waals surface area contributed by atoms with Crippen molar-refractivity contribution >= 4 is 0 Å². The van der Waals surface area contributed by atoms with Gasteiger partial charge in [-0.2, -0.15) is 18.7 Å². The molecule has 15 heavy (non-hydrogen) atoms. The summed E-state index contributed by atoms with van der Waals surface area (Å²) in [6, 6.07) is 2.58. The third-order valence-electron chi connectivity index (χ3n) is 2.29. The Hall–Kier alpha value is -1.05. The lowest BCUT2D eigenvalue weighted by Crippen LogP contribution is -2.45. The topological polar surface area (TPSA) is 57.3 Å². The molecule has 2 heterocycles. The van der Waals surface area contributed by atoms with Crippen molar-refractivity contribution in [1.82, 2.24) is 10.5 Å². The van der Waals surface area contributed by atoms with E-state index in [0.29, 0.717) is 5.69 Å². The van der Waals surface area contributed by atoms with E-state index >= 15 is 0 Å². The van der Waals surface area contributed by atoms with Gasteiger partial charge in [-0.05, 0) is 12.1 Å². The monoisotopic (exact) mass is 222 g/mol. The number of hydroxylamine groups is 1. The van der Waals surface area contributed by atoms with Gasteiger partial charge in [0.2, 0.25) is 0 Å². The van der Waals surface area contributed by atoms with Crippen LogP contribution in [0.1, 0.15) is 18.2 Å². The average molecular weight is 222 g/mol. The van der Waals surface area contributed by atoms with Crippen molar-refractivity contribution in [1.29, 1.82) is 0 Å². The minimum atomic E-state index is -4.80. The highest BCUT2D eigenvalue weighted by atomic mass is 19.4. The summed E-state index contributed by atoms with van der Waals surface area (Å²) in [5, 5.41) is 9.17. The highest BCUT2D eigenvalue weighted by Gasteiger charge is 2.60. The third kappa shape index (κ3) is 1.73. The van der Waals surface area contributed by atoms with Crippen LogP contribution in [0.4, 0.5) is 13.2 Å². The largest absolute Gasteiger partial charge is 0.444 e. The number of rotatable bonds is 1. The van der Waals surface area contributed by atoms with Gasteiger partial charge in [0.25, 0.3) is 5.79 Å². The normalized spacial score (nSPS) is 32.1. The number of aromatic amines is 1. The lowest BCUT2D eigenvalue weighted by Gasteiger charge is -2.22. The first kappa shape index (κ1) is 10.5. The molecule has 0 aromatic carbocycles. The molecule has 2 atom stereocenters. The maximum absolute atomic E-state index is 12.3. The highest BCUT2D eigenvalue weighted by Crippen LogP contribution is 2.41. The van der Waals surface area contributed by atoms with Gasteiger partial charge in [0.05, 0.1) is 6.04 Å². The van der Waals surface area contributed by atoms with Gasteiger partial charge in [0.1, 0.15) is 0 Å². The highest BCUT2D eigenvalue weighted by molar-refractivity contribution is 5.11. The molecule has 3 N–H and O–H groups in total. The van der Waals surface area contributed by atoms with E-state index in [1.165, 1.54) is 0 Å². The summed E-state index contributed by atoms with van der Waals surface area (Å²) < 4.78 is 37.0. The van der Waals surface area contributed by atoms with Crippen LogP contribution in [0.25, 0.3) is 0 Å². The maximum atomic E-state index is 12.3. The second-order valence-corrected chi connectivity index (χ2v) is 3.38. The SMILES string of the molecule is O[C@@]1(C(F)(F)F)C[C@H](c2ccc[nH]2)NO1. The predicted molar refractivity (Wildman–Crippen MR) is 43.4 cm³/mol. The van der Waals surface area contributed by atoms with E-state index in [1.807, 2.05) is 0 Å². The van der Waals surface area contributed by atoms with Crippen molar-refractivity contribution in [2.24, 2.45) is 0 Å². The summed E-state index contributed by atoms with van der Waals surface area (Å²) in [6.45, 7) is 0. The van der Waals surface area contributed by atoms with E-state index in [9.17, 15) is 18.3 Å². The van der Waals surface area contributed by atoms with Gasteiger partial charge < -0.3 is 10.1 Å². The summed E-state index contributed by atoms with van der Waals surface area (Å²) in [7, 11) is 0. The van der Waals surface area contributed by atoms with Crippen LogP contribution in [0.15, 0.2) is 18.3 Å². The molecule has 0 unspecified atom stereocenters. The molecule has 0 radical (unpaired) electrons. The molecule has 0 aliphatic carbocycles. The molecule has 84 valence electrons. The standard InChI is InChI=1S/C8H9F3N2O2/c9-8(10,11)7(14)4-6(13-15-7)5-2-1-3-12-5/h1-3,6,12-14H,4H2/t6-,7+/m1/s1. The van der Waals surface area contributed by atoms with E-state index < -0.39 is 24.4 Å². The Morgan fingerprint density at radius 3 is 2.73 bits per heavy atom. The van der Waals surface area contributed by atoms with Crippen LogP contribution in [0.2, 0.25) is 0 Å². The Morgan fingerprint density at radius 2 is 2.27 bits per heavy atom. The Balaban J connectivity index is 2.13. The second-order valence-electron chi connectivity index (χ2n) is 3.38. The van der Waals surface area contributed by atoms with Crippen molar-refractivity contribution in [3.05, 3.63) is 24.0 Å². The van der Waals surface area contributed by atoms with Crippen molar-refractivity contribution < 1.29 is 23.1 Å². The third-order valence-corrected chi connectivity index (χ3v) is 2.29. The van der Waals surface area contributed by atoms with E-state index in [2.05, 4.69) is 15.3 Å². The van der Waals surface area contributed by atoms with Crippen molar-refractivity contribution in [2.45, 2.75) is 24.4 Å². The summed E-state index contributed by atoms with van der Waals surface area (Å²) in [5.74, 6) is -3.11. The number of halogens is 3. The van der Waals surface area contributed by atoms with Crippen molar-refractivity contribution in [2.75, 3.05) is 0 Å². The summed E-state index contributed by atoms with van der Waals surface area (Å²) in [5.41, 5.74) is 2.69. The van der Waals surface area contributed by atoms with Gasteiger partial charge in [-0.15, -0.1) is 0 Å². The zero-order chi connectivity index (χ0) is 11.1. The number of aromatic nitrogens is 1. The fourth-order valence-electron chi connectivity index (χ4n) is 1.44. The maximum Gasteiger partial charge on any atom is 0.444 e. The van der Waals surface area contributed by atoms with Crippen LogP contribution < -0.4 is 5.48 Å². The van der Waals surface area contributed by atoms with Gasteiger partial charge in [-0.3, -0.25) is 4.84 Å². The molecule has 2 rings (SSSR count). The second kappa shape index (κ2) is 3.22. The van der Waals surface area contributed by atoms with Gasteiger partial charge in [0.15, 0.2) is 0 Å². The van der Waals surface area contributed by atoms with Gasteiger partial charge >= 0.3 is 6.18 Å². The molecular formula is C8H9F3N2O2. The number of aliphatic hydroxyl groups is 1. The predicted octanol–water partition coefficient (Wildman–Crippen LogP) is 1.23. The molecule has 0 spiro atoms. The first-order valence-electron chi connectivity index (χ1n) is 4.28. The van der Waals surface area contributed by atoms with E-state index in [1.54, 1.807) is 18.3 Å². The molecule has 1 aromatic rings. The molecular weight excluding hydrogens is 213 g/mol. The van der Waals surface area contributed by atoms with Crippen molar-refractivity contribution in [3.8, 4) is 0 Å². The number of H-pyrrole nitrogens is 1. The Labute approximate surface area is 83.0 Å². The smallest absolute Gasteiger partial charge is 0.364 e. The fourth-order valence-corrected chi connectivity index (χ4v) is 1.44. The number of hydrogen-bond acceptors (Lipinski definition) is 3. The average Bonchev–Trinajstić information content (AvgIpc) is 2.70. The van der Waals surface area contributed by atoms with E-state index in [4.69, 9.17) is 0 Å². The lowest BCUT2D eigenvalue weighted by molar-refractivity contribution is -0.361. The fraction of sp³-hybridized carbons (Fsp3) is 0.500. The quantitative estimate of drug-likeness (QED) is 0.669. The van der Waals surface area contributed by atoms with Crippen LogP contribution in [0, 0.1) is 0 Å². The van der Waals surface area contributed by atoms with E-state index in [-0.39, 0.29) is 0 Å². The summed E-state index contributed by atoms with van der Waals surface area (Å²) >= 11 is 0. The molecule has 0 amide bonds. The first-order chi connectivity index (χ1) is 6.92. The Bertz CT molecular complexity index is 338. The summed E-state index contributed by atoms with van der Waals surface area (Å²) in [6.07, 6.45) is -3.79. The van der Waals surface area contributed by atoms with Gasteiger partial charge in [0, 0.05) is 18.3 Å². The zero-order valence-electron chi connectivity index (χ0n) is 7.51. The Kier molecular flexibility index (Phi) is 2.25. The van der Waals surface area contributed by atoms with Crippen LogP contribution >= 0.6 is 0 Å². The minimum absolute atomic E-state index is 0.537. The van der Waals surface area contributed by atoms with Crippen LogP contribution in [-0.4, -0.2) is 22.1 Å². The molecule has 1 aromatic heterocycles.